The molecule has 16 N–H and O–H groups in total. The second-order valence-electron chi connectivity index (χ2n) is 16.4. The number of Topliss-reactive ketones (excluding diaryl/α,β-unsaturated/α-hetero) is 4. The average Bonchev–Trinajstić information content (AvgIpc) is 1.52. The van der Waals surface area contributed by atoms with E-state index in [9.17, 15) is 19.2 Å². The minimum absolute atomic E-state index is 0.0127. The van der Waals surface area contributed by atoms with Crippen molar-refractivity contribution < 1.29 is 90.5 Å². The molecule has 0 aromatic carbocycles. The molecule has 0 radical (unpaired) electrons. The summed E-state index contributed by atoms with van der Waals surface area (Å²) in [4.78, 5) is 42.8. The normalized spacial score (nSPS) is 53.7. The molecular formula is C60H120N8O4. The first-order chi connectivity index (χ1) is 53.9. The molecule has 0 unspecified atom stereocenters. The molecule has 12 aliphatic carbocycles. The molecule has 0 spiro atoms. The van der Waals surface area contributed by atoms with Crippen molar-refractivity contribution in [1.82, 2.24) is 0 Å². The molecule has 12 fully saturated rings. The van der Waals surface area contributed by atoms with E-state index in [0.717, 1.165) is 51.4 Å². The van der Waals surface area contributed by atoms with E-state index in [1.165, 1.54) is 25.7 Å². The number of hydrogen-bond acceptors (Lipinski definition) is 12. The molecule has 12 rings (SSSR count). The highest BCUT2D eigenvalue weighted by atomic mass is 16.1. The van der Waals surface area contributed by atoms with Gasteiger partial charge in [-0.25, -0.2) is 0 Å². The SMILES string of the molecule is NC1CCCC1.O=C1CCCC1.[2H]C1(N)CC([2H])([2H])C([2H])([2H])C1.[2H]C1(N)CCCC1.[2H]C1([2H])C(=O)C([2H])([2H])C([2H])([2H])C1([2H])[2H].[2H]C1([2H])C(N)C([2H])([2H])C([2H])([2H])C1([2H])[2H].[2H]C1([2H])C([2H])([2H])C([2H])([2H])C([2H])(N)C1([2H])[2H].[2H]C1([2H])CC(=O)CC1([2H])[2H].[2H]C1([2H])CC(N)CC1([2H])[2H].[2H]C1([2H])CCC([2H])([2H])C1([2H])N.[2H]C1([2H])CCC([2H])([2H])C1=O.[2H]C1([2H])CCC([2H])([2H])C1N. The van der Waals surface area contributed by atoms with Gasteiger partial charge >= 0.3 is 0 Å². The molecule has 0 aromatic rings. The minimum atomic E-state index is -3.17. The van der Waals surface area contributed by atoms with Crippen LogP contribution < -0.4 is 45.9 Å². The first-order valence-electron chi connectivity index (χ1n) is 50.2. The predicted molar refractivity (Wildman–Crippen MR) is 305 cm³/mol. The molecule has 12 aliphatic rings. The third-order valence-electron chi connectivity index (χ3n) is 9.81. The Hall–Kier alpha value is -1.64. The fourth-order valence-corrected chi connectivity index (χ4v) is 5.93. The molecular weight excluding hydrogens is 897 g/mol. The summed E-state index contributed by atoms with van der Waals surface area (Å²) in [5, 5.41) is 0. The summed E-state index contributed by atoms with van der Waals surface area (Å²) in [6, 6.07) is -9.62. The van der Waals surface area contributed by atoms with E-state index in [2.05, 4.69) is 0 Å². The van der Waals surface area contributed by atoms with Crippen LogP contribution in [0.4, 0.5) is 0 Å². The summed E-state index contributed by atoms with van der Waals surface area (Å²) in [7, 11) is 0. The van der Waals surface area contributed by atoms with Crippen molar-refractivity contribution >= 4 is 23.1 Å². The lowest BCUT2D eigenvalue weighted by Crippen LogP contribution is -2.13. The summed E-state index contributed by atoms with van der Waals surface area (Å²) < 4.78 is 375. The predicted octanol–water partition coefficient (Wildman–Crippen LogP) is 11.6. The van der Waals surface area contributed by atoms with Gasteiger partial charge in [0.25, 0.3) is 0 Å². The molecule has 0 aliphatic heterocycles. The Morgan fingerprint density at radius 3 is 0.792 bits per heavy atom. The van der Waals surface area contributed by atoms with Crippen LogP contribution in [0.25, 0.3) is 0 Å². The van der Waals surface area contributed by atoms with Gasteiger partial charge in [0.1, 0.15) is 23.1 Å². The number of ketones is 4. The zero-order chi connectivity index (χ0) is 99.6. The van der Waals surface area contributed by atoms with E-state index in [1.54, 1.807) is 0 Å². The van der Waals surface area contributed by atoms with Gasteiger partial charge < -0.3 is 45.9 Å². The lowest BCUT2D eigenvalue weighted by atomic mass is 10.3. The highest BCUT2D eigenvalue weighted by molar-refractivity contribution is 5.81. The minimum Gasteiger partial charge on any atom is -0.328 e. The van der Waals surface area contributed by atoms with Gasteiger partial charge in [0, 0.05) is 171 Å². The van der Waals surface area contributed by atoms with Gasteiger partial charge in [-0.2, -0.15) is 0 Å². The van der Waals surface area contributed by atoms with E-state index in [1.807, 2.05) is 0 Å². The summed E-state index contributed by atoms with van der Waals surface area (Å²) >= 11 is 0. The quantitative estimate of drug-likeness (QED) is 0.112. The highest BCUT2D eigenvalue weighted by Gasteiger charge is 2.13. The Morgan fingerprint density at radius 2 is 0.625 bits per heavy atom. The van der Waals surface area contributed by atoms with Crippen LogP contribution in [-0.4, -0.2) is 71.4 Å². The maximum Gasteiger partial charge on any atom is 0.132 e. The highest BCUT2D eigenvalue weighted by Crippen LogP contribution is 2.19. The van der Waals surface area contributed by atoms with Crippen molar-refractivity contribution in [3.8, 4) is 0 Å². The summed E-state index contributed by atoms with van der Waals surface area (Å²) in [5.74, 6) is -2.45. The van der Waals surface area contributed by atoms with Crippen molar-refractivity contribution in [3.05, 3.63) is 0 Å². The molecule has 0 bridgehead atoms. The number of hydrogen-bond donors (Lipinski definition) is 8. The number of rotatable bonds is 0. The fraction of sp³-hybridized carbons (Fsp3) is 0.933. The van der Waals surface area contributed by atoms with Gasteiger partial charge in [0.2, 0.25) is 0 Å². The van der Waals surface area contributed by atoms with E-state index in [0.29, 0.717) is 11.8 Å². The van der Waals surface area contributed by atoms with Crippen LogP contribution in [0.1, 0.15) is 378 Å². The lowest BCUT2D eigenvalue weighted by molar-refractivity contribution is -0.118. The van der Waals surface area contributed by atoms with Crippen molar-refractivity contribution in [2.45, 2.75) is 355 Å². The largest absolute Gasteiger partial charge is 0.328 e. The van der Waals surface area contributed by atoms with E-state index < -0.39 is 201 Å². The molecule has 424 valence electrons. The first-order valence-corrected chi connectivity index (χ1v) is 24.2. The smallest absolute Gasteiger partial charge is 0.132 e. The molecule has 0 amide bonds. The average molecular weight is 1070 g/mol. The van der Waals surface area contributed by atoms with Crippen molar-refractivity contribution in [2.75, 3.05) is 0 Å². The third kappa shape index (κ3) is 45.7. The van der Waals surface area contributed by atoms with Gasteiger partial charge in [0.15, 0.2) is 0 Å². The topological polar surface area (TPSA) is 276 Å². The second kappa shape index (κ2) is 47.8. The van der Waals surface area contributed by atoms with Crippen LogP contribution in [0.3, 0.4) is 0 Å². The molecule has 12 heteroatoms. The standard InChI is InChI=1S/8C5H11N.4C5H8O/c12*6-5-3-1-2-4-5/h8*5H,1-4,6H2;4*1-4H2/i1D2,2D2,3D2,4D2,5D;1D2,2D2,3D2,4D2;3D2,4D2,5D;1D2,2D2,5D;3D2,4D2;1D2,2D2;5D;;1D2,2D2,3D2,4D2;3D2,4D2;1D2,2D2;. The summed E-state index contributed by atoms with van der Waals surface area (Å²) in [6.45, 7) is 0. The zero-order valence-electron chi connectivity index (χ0n) is 93.5. The Morgan fingerprint density at radius 1 is 0.264 bits per heavy atom. The lowest BCUT2D eigenvalue weighted by Gasteiger charge is -1.92. The van der Waals surface area contributed by atoms with Crippen LogP contribution in [0, 0.1) is 0 Å². The van der Waals surface area contributed by atoms with Gasteiger partial charge in [-0.3, -0.25) is 19.2 Å². The molecule has 72 heavy (non-hydrogen) atoms. The summed E-state index contributed by atoms with van der Waals surface area (Å²) in [5.41, 5.74) is 42.6. The van der Waals surface area contributed by atoms with Gasteiger partial charge in [-0.05, 0) is 154 Å². The fourth-order valence-electron chi connectivity index (χ4n) is 5.93. The first kappa shape index (κ1) is 22.6. The Balaban J connectivity index is 0.000000682. The molecule has 12 nitrogen and oxygen atoms in total. The number of carbonyl (C=O) groups is 4. The van der Waals surface area contributed by atoms with Crippen molar-refractivity contribution in [3.63, 3.8) is 0 Å². The van der Waals surface area contributed by atoms with E-state index in [4.69, 9.17) is 117 Å². The second-order valence-corrected chi connectivity index (χ2v) is 16.4. The Kier molecular flexibility index (Phi) is 15.0. The van der Waals surface area contributed by atoms with Gasteiger partial charge in [0.05, 0.1) is 0 Å². The van der Waals surface area contributed by atoms with Crippen LogP contribution in [0.15, 0.2) is 0 Å². The number of nitrogens with two attached hydrogens (primary N) is 8. The monoisotopic (exact) mass is 1070 g/mol. The third-order valence-corrected chi connectivity index (χ3v) is 9.81. The van der Waals surface area contributed by atoms with Crippen LogP contribution in [-0.2, 0) is 19.2 Å². The van der Waals surface area contributed by atoms with Crippen LogP contribution >= 0.6 is 0 Å². The Bertz CT molecular complexity index is 3350. The number of carbonyl (C=O) groups excluding carboxylic acids is 4. The maximum absolute atomic E-state index is 11.1. The van der Waals surface area contributed by atoms with Gasteiger partial charge in [-0.1, -0.05) is 102 Å². The zero-order valence-corrected chi connectivity index (χ0v) is 41.5. The molecule has 0 aromatic heterocycles. The van der Waals surface area contributed by atoms with Crippen LogP contribution in [0.5, 0.6) is 0 Å². The maximum atomic E-state index is 11.1. The van der Waals surface area contributed by atoms with E-state index >= 15 is 0 Å². The van der Waals surface area contributed by atoms with Crippen molar-refractivity contribution in [1.29, 1.82) is 0 Å². The molecule has 0 saturated heterocycles. The van der Waals surface area contributed by atoms with E-state index in [-0.39, 0.29) is 88.9 Å². The molecule has 0 atom stereocenters. The van der Waals surface area contributed by atoms with Gasteiger partial charge in [-0.15, -0.1) is 0 Å². The molecule has 12 saturated carbocycles. The van der Waals surface area contributed by atoms with Crippen molar-refractivity contribution in [2.24, 2.45) is 45.9 Å². The Labute approximate surface area is 516 Å². The molecule has 0 heterocycles. The van der Waals surface area contributed by atoms with Crippen LogP contribution in [0.2, 0.25) is 0 Å². The summed E-state index contributed by atoms with van der Waals surface area (Å²) in [6.07, 6.45) is -45.3.